The van der Waals surface area contributed by atoms with Gasteiger partial charge >= 0.3 is 0 Å². The number of fused-ring (bicyclic) bond motifs is 1. The molecule has 0 bridgehead atoms. The largest absolute Gasteiger partial charge is 0.437 e. The van der Waals surface area contributed by atoms with Gasteiger partial charge in [-0.1, -0.05) is 24.3 Å². The van der Waals surface area contributed by atoms with Crippen LogP contribution in [0.25, 0.3) is 22.3 Å². The molecule has 2 aromatic carbocycles. The van der Waals surface area contributed by atoms with Crippen LogP contribution in [0.1, 0.15) is 17.1 Å². The highest BCUT2D eigenvalue weighted by Gasteiger charge is 2.11. The summed E-state index contributed by atoms with van der Waals surface area (Å²) in [6, 6.07) is 19.4. The Morgan fingerprint density at radius 2 is 1.70 bits per heavy atom. The first-order valence-electron chi connectivity index (χ1n) is 9.48. The molecule has 3 aromatic heterocycles. The molecule has 0 aliphatic carbocycles. The van der Waals surface area contributed by atoms with E-state index in [1.165, 1.54) is 0 Å². The second kappa shape index (κ2) is 7.75. The second-order valence-electron chi connectivity index (χ2n) is 6.75. The number of hydrogen-bond donors (Lipinski definition) is 1. The zero-order chi connectivity index (χ0) is 20.3. The van der Waals surface area contributed by atoms with Gasteiger partial charge in [-0.05, 0) is 48.9 Å². The lowest BCUT2D eigenvalue weighted by Gasteiger charge is -2.09. The van der Waals surface area contributed by atoms with E-state index in [0.717, 1.165) is 27.9 Å². The first-order valence-corrected chi connectivity index (χ1v) is 9.48. The van der Waals surface area contributed by atoms with Crippen LogP contribution in [0, 0.1) is 13.3 Å². The molecule has 6 nitrogen and oxygen atoms in total. The van der Waals surface area contributed by atoms with Crippen molar-refractivity contribution in [3.05, 3.63) is 103 Å². The zero-order valence-electron chi connectivity index (χ0n) is 16.2. The molecule has 0 fully saturated rings. The van der Waals surface area contributed by atoms with Gasteiger partial charge in [-0.3, -0.25) is 4.98 Å². The molecule has 0 saturated carbocycles. The van der Waals surface area contributed by atoms with E-state index in [1.807, 2.05) is 67.6 Å². The SMILES string of the molecule is Cc1cc(-c2nccnc2Oc2ccc([C]c3nc4ccccc4[nH]3)cc2)ccn1. The number of aromatic amines is 1. The van der Waals surface area contributed by atoms with Crippen molar-refractivity contribution in [2.24, 2.45) is 0 Å². The lowest BCUT2D eigenvalue weighted by atomic mass is 10.1. The smallest absolute Gasteiger partial charge is 0.246 e. The summed E-state index contributed by atoms with van der Waals surface area (Å²) in [7, 11) is 0. The number of imidazole rings is 1. The number of hydrogen-bond acceptors (Lipinski definition) is 5. The fourth-order valence-electron chi connectivity index (χ4n) is 3.16. The maximum atomic E-state index is 6.01. The Kier molecular flexibility index (Phi) is 4.65. The van der Waals surface area contributed by atoms with Crippen LogP contribution < -0.4 is 4.74 Å². The maximum Gasteiger partial charge on any atom is 0.246 e. The number of benzene rings is 2. The molecule has 5 rings (SSSR count). The summed E-state index contributed by atoms with van der Waals surface area (Å²) in [6.07, 6.45) is 8.29. The number of pyridine rings is 1. The monoisotopic (exact) mass is 391 g/mol. The van der Waals surface area contributed by atoms with Gasteiger partial charge < -0.3 is 9.72 Å². The molecular formula is C24H17N5O. The van der Waals surface area contributed by atoms with E-state index in [1.54, 1.807) is 18.6 Å². The Bertz CT molecular complexity index is 1280. The summed E-state index contributed by atoms with van der Waals surface area (Å²) in [4.78, 5) is 20.8. The second-order valence-corrected chi connectivity index (χ2v) is 6.75. The third-order valence-corrected chi connectivity index (χ3v) is 4.56. The number of ether oxygens (including phenoxy) is 1. The highest BCUT2D eigenvalue weighted by atomic mass is 16.5. The molecule has 0 aliphatic heterocycles. The molecule has 6 heteroatoms. The van der Waals surface area contributed by atoms with E-state index in [2.05, 4.69) is 31.3 Å². The van der Waals surface area contributed by atoms with Crippen LogP contribution in [-0.2, 0) is 0 Å². The third kappa shape index (κ3) is 3.75. The van der Waals surface area contributed by atoms with Crippen molar-refractivity contribution in [1.82, 2.24) is 24.9 Å². The number of para-hydroxylation sites is 2. The molecule has 0 unspecified atom stereocenters. The van der Waals surface area contributed by atoms with Crippen molar-refractivity contribution in [1.29, 1.82) is 0 Å². The Balaban J connectivity index is 1.35. The molecular weight excluding hydrogens is 374 g/mol. The minimum Gasteiger partial charge on any atom is -0.437 e. The lowest BCUT2D eigenvalue weighted by molar-refractivity contribution is 0.462. The molecule has 0 amide bonds. The van der Waals surface area contributed by atoms with Gasteiger partial charge in [0.1, 0.15) is 17.3 Å². The van der Waals surface area contributed by atoms with E-state index in [0.29, 0.717) is 23.1 Å². The summed E-state index contributed by atoms with van der Waals surface area (Å²) in [5.41, 5.74) is 5.29. The molecule has 0 spiro atoms. The van der Waals surface area contributed by atoms with Gasteiger partial charge in [0.25, 0.3) is 0 Å². The number of aryl methyl sites for hydroxylation is 1. The minimum absolute atomic E-state index is 0.445. The molecule has 30 heavy (non-hydrogen) atoms. The molecule has 2 radical (unpaired) electrons. The summed E-state index contributed by atoms with van der Waals surface area (Å²) in [5.74, 6) is 1.80. The fourth-order valence-corrected chi connectivity index (χ4v) is 3.16. The van der Waals surface area contributed by atoms with Crippen LogP contribution in [0.15, 0.2) is 79.3 Å². The summed E-state index contributed by atoms with van der Waals surface area (Å²) >= 11 is 0. The number of H-pyrrole nitrogens is 1. The van der Waals surface area contributed by atoms with Gasteiger partial charge in [0, 0.05) is 29.8 Å². The quantitative estimate of drug-likeness (QED) is 0.457. The van der Waals surface area contributed by atoms with E-state index in [-0.39, 0.29) is 0 Å². The number of nitrogens with one attached hydrogen (secondary N) is 1. The Hall–Kier alpha value is -4.06. The molecule has 0 atom stereocenters. The zero-order valence-corrected chi connectivity index (χ0v) is 16.2. The Labute approximate surface area is 173 Å². The molecule has 0 aliphatic rings. The van der Waals surface area contributed by atoms with E-state index < -0.39 is 0 Å². The van der Waals surface area contributed by atoms with Crippen LogP contribution in [0.2, 0.25) is 0 Å². The maximum absolute atomic E-state index is 6.01. The molecule has 1 N–H and O–H groups in total. The van der Waals surface area contributed by atoms with Gasteiger partial charge in [0.15, 0.2) is 0 Å². The van der Waals surface area contributed by atoms with Crippen molar-refractivity contribution in [3.63, 3.8) is 0 Å². The molecule has 3 heterocycles. The van der Waals surface area contributed by atoms with Gasteiger partial charge in [0.2, 0.25) is 5.88 Å². The topological polar surface area (TPSA) is 76.6 Å². The summed E-state index contributed by atoms with van der Waals surface area (Å²) < 4.78 is 6.01. The van der Waals surface area contributed by atoms with Gasteiger partial charge in [-0.2, -0.15) is 0 Å². The predicted octanol–water partition coefficient (Wildman–Crippen LogP) is 4.99. The average Bonchev–Trinajstić information content (AvgIpc) is 3.18. The van der Waals surface area contributed by atoms with Crippen molar-refractivity contribution >= 4 is 11.0 Å². The number of nitrogens with zero attached hydrogens (tertiary/aromatic N) is 4. The molecule has 0 saturated heterocycles. The molecule has 5 aromatic rings. The first-order chi connectivity index (χ1) is 14.7. The third-order valence-electron chi connectivity index (χ3n) is 4.56. The first kappa shape index (κ1) is 18.0. The normalized spacial score (nSPS) is 11.0. The van der Waals surface area contributed by atoms with E-state index in [9.17, 15) is 0 Å². The Morgan fingerprint density at radius 1 is 0.867 bits per heavy atom. The standard InChI is InChI=1S/C24H17N5O/c1-16-14-18(10-11-25-16)23-24(27-13-12-26-23)30-19-8-6-17(7-9-19)15-22-28-20-4-2-3-5-21(20)29-22/h2-14H,1H3,(H,28,29). The van der Waals surface area contributed by atoms with Gasteiger partial charge in [0.05, 0.1) is 17.5 Å². The lowest BCUT2D eigenvalue weighted by Crippen LogP contribution is -1.95. The number of aromatic nitrogens is 5. The van der Waals surface area contributed by atoms with Crippen molar-refractivity contribution in [2.75, 3.05) is 0 Å². The Morgan fingerprint density at radius 3 is 2.53 bits per heavy atom. The van der Waals surface area contributed by atoms with E-state index >= 15 is 0 Å². The van der Waals surface area contributed by atoms with Crippen LogP contribution in [0.5, 0.6) is 11.6 Å². The van der Waals surface area contributed by atoms with E-state index in [4.69, 9.17) is 4.74 Å². The number of rotatable bonds is 5. The minimum atomic E-state index is 0.445. The van der Waals surface area contributed by atoms with Crippen molar-refractivity contribution < 1.29 is 4.74 Å². The average molecular weight is 391 g/mol. The van der Waals surface area contributed by atoms with Crippen molar-refractivity contribution in [2.45, 2.75) is 6.92 Å². The highest BCUT2D eigenvalue weighted by molar-refractivity contribution is 5.75. The van der Waals surface area contributed by atoms with Crippen LogP contribution in [-0.4, -0.2) is 24.9 Å². The molecule has 144 valence electrons. The fraction of sp³-hybridized carbons (Fsp3) is 0.0417. The van der Waals surface area contributed by atoms with Crippen LogP contribution >= 0.6 is 0 Å². The summed E-state index contributed by atoms with van der Waals surface area (Å²) in [5, 5.41) is 0. The highest BCUT2D eigenvalue weighted by Crippen LogP contribution is 2.29. The van der Waals surface area contributed by atoms with Crippen LogP contribution in [0.3, 0.4) is 0 Å². The van der Waals surface area contributed by atoms with Crippen molar-refractivity contribution in [3.8, 4) is 22.9 Å². The summed E-state index contributed by atoms with van der Waals surface area (Å²) in [6.45, 7) is 1.94. The van der Waals surface area contributed by atoms with Gasteiger partial charge in [-0.15, -0.1) is 0 Å². The predicted molar refractivity (Wildman–Crippen MR) is 114 cm³/mol. The van der Waals surface area contributed by atoms with Crippen LogP contribution in [0.4, 0.5) is 0 Å². The van der Waals surface area contributed by atoms with Gasteiger partial charge in [-0.25, -0.2) is 15.0 Å².